The van der Waals surface area contributed by atoms with E-state index in [9.17, 15) is 14.4 Å². The average molecular weight is 273 g/mol. The smallest absolute Gasteiger partial charge is 0.407 e. The van der Waals surface area contributed by atoms with Crippen molar-refractivity contribution in [3.05, 3.63) is 0 Å². The average Bonchev–Trinajstić information content (AvgIpc) is 2.58. The maximum atomic E-state index is 11.6. The molecule has 0 aromatic rings. The molecule has 0 aliphatic carbocycles. The summed E-state index contributed by atoms with van der Waals surface area (Å²) in [5, 5.41) is 11.5. The van der Waals surface area contributed by atoms with Crippen molar-refractivity contribution in [2.75, 3.05) is 6.54 Å². The Labute approximate surface area is 110 Å². The van der Waals surface area contributed by atoms with Gasteiger partial charge in [-0.05, 0) is 20.8 Å². The number of nitrogens with zero attached hydrogens (tertiary/aromatic N) is 1. The normalized spacial score (nSPS) is 23.0. The van der Waals surface area contributed by atoms with E-state index in [-0.39, 0.29) is 13.0 Å². The van der Waals surface area contributed by atoms with Gasteiger partial charge < -0.3 is 25.8 Å². The van der Waals surface area contributed by atoms with Gasteiger partial charge in [-0.25, -0.2) is 14.4 Å². The number of carboxylic acid groups (broad SMARTS) is 1. The number of carbonyl (C=O) groups excluding carboxylic acids is 2. The number of nitrogens with two attached hydrogens (primary N) is 1. The molecule has 1 heterocycles. The molecule has 0 aromatic carbocycles. The molecule has 8 nitrogen and oxygen atoms in total. The maximum Gasteiger partial charge on any atom is 0.407 e. The fourth-order valence-electron chi connectivity index (χ4n) is 1.89. The Kier molecular flexibility index (Phi) is 4.23. The lowest BCUT2D eigenvalue weighted by Crippen LogP contribution is -2.44. The maximum absolute atomic E-state index is 11.6. The summed E-state index contributed by atoms with van der Waals surface area (Å²) in [6.07, 6.45) is -0.537. The first-order valence-electron chi connectivity index (χ1n) is 5.88. The van der Waals surface area contributed by atoms with Crippen molar-refractivity contribution >= 4 is 18.1 Å². The van der Waals surface area contributed by atoms with Crippen molar-refractivity contribution in [1.82, 2.24) is 10.2 Å². The summed E-state index contributed by atoms with van der Waals surface area (Å²) in [6, 6.07) is -2.32. The second-order valence-electron chi connectivity index (χ2n) is 5.42. The fraction of sp³-hybridized carbons (Fsp3) is 0.727. The van der Waals surface area contributed by atoms with Gasteiger partial charge in [0.1, 0.15) is 11.6 Å². The lowest BCUT2D eigenvalue weighted by molar-refractivity contribution is -0.141. The Hall–Kier alpha value is -1.99. The number of alkyl carbamates (subject to hydrolysis) is 1. The Morgan fingerprint density at radius 3 is 2.32 bits per heavy atom. The molecule has 1 saturated heterocycles. The predicted molar refractivity (Wildman–Crippen MR) is 65.5 cm³/mol. The first-order valence-corrected chi connectivity index (χ1v) is 5.88. The summed E-state index contributed by atoms with van der Waals surface area (Å²) in [5.41, 5.74) is 4.46. The van der Waals surface area contributed by atoms with Crippen molar-refractivity contribution in [2.24, 2.45) is 5.73 Å². The molecule has 0 unspecified atom stereocenters. The van der Waals surface area contributed by atoms with E-state index in [1.807, 2.05) is 0 Å². The van der Waals surface area contributed by atoms with Gasteiger partial charge in [-0.3, -0.25) is 0 Å². The molecule has 0 saturated carbocycles. The van der Waals surface area contributed by atoms with Gasteiger partial charge in [-0.15, -0.1) is 0 Å². The highest BCUT2D eigenvalue weighted by atomic mass is 16.6. The molecule has 1 aliphatic rings. The van der Waals surface area contributed by atoms with Gasteiger partial charge in [-0.2, -0.15) is 0 Å². The molecule has 4 N–H and O–H groups in total. The van der Waals surface area contributed by atoms with Crippen LogP contribution in [0.3, 0.4) is 0 Å². The molecule has 0 radical (unpaired) electrons. The molecule has 1 fully saturated rings. The largest absolute Gasteiger partial charge is 0.480 e. The topological polar surface area (TPSA) is 122 Å². The zero-order valence-electron chi connectivity index (χ0n) is 11.2. The van der Waals surface area contributed by atoms with Crippen LogP contribution in [-0.2, 0) is 9.53 Å². The van der Waals surface area contributed by atoms with E-state index in [1.54, 1.807) is 20.8 Å². The van der Waals surface area contributed by atoms with Gasteiger partial charge in [0, 0.05) is 13.0 Å². The minimum Gasteiger partial charge on any atom is -0.480 e. The minimum absolute atomic E-state index is 0.0611. The molecule has 1 rings (SSSR count). The monoisotopic (exact) mass is 273 g/mol. The van der Waals surface area contributed by atoms with Gasteiger partial charge >= 0.3 is 18.1 Å². The van der Waals surface area contributed by atoms with Crippen LogP contribution >= 0.6 is 0 Å². The zero-order valence-corrected chi connectivity index (χ0v) is 11.2. The molecule has 8 heteroatoms. The molecule has 3 amide bonds. The number of primary amides is 1. The summed E-state index contributed by atoms with van der Waals surface area (Å²) in [4.78, 5) is 34.7. The van der Waals surface area contributed by atoms with E-state index in [2.05, 4.69) is 5.32 Å². The molecule has 0 bridgehead atoms. The van der Waals surface area contributed by atoms with E-state index < -0.39 is 35.8 Å². The molecular weight excluding hydrogens is 254 g/mol. The van der Waals surface area contributed by atoms with Crippen LogP contribution in [0.4, 0.5) is 9.59 Å². The highest BCUT2D eigenvalue weighted by Gasteiger charge is 2.39. The zero-order chi connectivity index (χ0) is 14.8. The Morgan fingerprint density at radius 2 is 1.95 bits per heavy atom. The number of carbonyl (C=O) groups is 3. The molecule has 0 spiro atoms. The van der Waals surface area contributed by atoms with Gasteiger partial charge in [0.2, 0.25) is 0 Å². The van der Waals surface area contributed by atoms with Crippen molar-refractivity contribution in [3.63, 3.8) is 0 Å². The van der Waals surface area contributed by atoms with Crippen LogP contribution in [0.15, 0.2) is 0 Å². The third-order valence-corrected chi connectivity index (χ3v) is 2.59. The summed E-state index contributed by atoms with van der Waals surface area (Å²) < 4.78 is 5.06. The minimum atomic E-state index is -1.15. The molecule has 0 aromatic heterocycles. The lowest BCUT2D eigenvalue weighted by Gasteiger charge is -2.21. The summed E-state index contributed by atoms with van der Waals surface area (Å²) in [5.74, 6) is -1.15. The van der Waals surface area contributed by atoms with E-state index >= 15 is 0 Å². The first-order chi connectivity index (χ1) is 8.60. The third kappa shape index (κ3) is 4.31. The number of carboxylic acids is 1. The van der Waals surface area contributed by atoms with E-state index in [0.717, 1.165) is 4.90 Å². The number of urea groups is 1. The van der Waals surface area contributed by atoms with Crippen LogP contribution in [0, 0.1) is 0 Å². The van der Waals surface area contributed by atoms with Crippen LogP contribution in [0.1, 0.15) is 27.2 Å². The predicted octanol–water partition coefficient (Wildman–Crippen LogP) is 0.117. The number of ether oxygens (including phenoxy) is 1. The van der Waals surface area contributed by atoms with E-state index in [1.165, 1.54) is 0 Å². The second-order valence-corrected chi connectivity index (χ2v) is 5.42. The summed E-state index contributed by atoms with van der Waals surface area (Å²) in [7, 11) is 0. The van der Waals surface area contributed by atoms with Crippen molar-refractivity contribution in [3.8, 4) is 0 Å². The van der Waals surface area contributed by atoms with Crippen LogP contribution in [-0.4, -0.2) is 52.3 Å². The third-order valence-electron chi connectivity index (χ3n) is 2.59. The van der Waals surface area contributed by atoms with Crippen molar-refractivity contribution in [1.29, 1.82) is 0 Å². The van der Waals surface area contributed by atoms with Crippen molar-refractivity contribution < 1.29 is 24.2 Å². The van der Waals surface area contributed by atoms with Crippen LogP contribution in [0.5, 0.6) is 0 Å². The van der Waals surface area contributed by atoms with Gasteiger partial charge in [-0.1, -0.05) is 0 Å². The highest BCUT2D eigenvalue weighted by Crippen LogP contribution is 2.18. The van der Waals surface area contributed by atoms with Crippen LogP contribution in [0.2, 0.25) is 0 Å². The fourth-order valence-corrected chi connectivity index (χ4v) is 1.89. The standard InChI is InChI=1S/C11H19N3O5/c1-11(2,3)19-10(18)13-6-4-7(8(15)16)14(5-6)9(12)17/h6-7H,4-5H2,1-3H3,(H2,12,17)(H,13,18)(H,15,16)/t6-,7-/m0/s1. The molecule has 19 heavy (non-hydrogen) atoms. The van der Waals surface area contributed by atoms with Gasteiger partial charge in [0.05, 0.1) is 6.04 Å². The number of likely N-dealkylation sites (tertiary alicyclic amines) is 1. The van der Waals surface area contributed by atoms with Gasteiger partial charge in [0.15, 0.2) is 0 Å². The number of amides is 3. The number of rotatable bonds is 2. The van der Waals surface area contributed by atoms with E-state index in [4.69, 9.17) is 15.6 Å². The lowest BCUT2D eigenvalue weighted by atomic mass is 10.2. The Balaban J connectivity index is 2.61. The quantitative estimate of drug-likeness (QED) is 0.659. The molecule has 108 valence electrons. The number of nitrogens with one attached hydrogen (secondary N) is 1. The Bertz CT molecular complexity index is 368. The molecule has 2 atom stereocenters. The van der Waals surface area contributed by atoms with Crippen molar-refractivity contribution in [2.45, 2.75) is 44.9 Å². The summed E-state index contributed by atoms with van der Waals surface area (Å²) >= 11 is 0. The molecular formula is C11H19N3O5. The van der Waals surface area contributed by atoms with Crippen LogP contribution in [0.25, 0.3) is 0 Å². The highest BCUT2D eigenvalue weighted by molar-refractivity contribution is 5.83. The molecule has 1 aliphatic heterocycles. The van der Waals surface area contributed by atoms with Gasteiger partial charge in [0.25, 0.3) is 0 Å². The SMILES string of the molecule is CC(C)(C)OC(=O)N[C@H]1C[C@@H](C(=O)O)N(C(N)=O)C1. The summed E-state index contributed by atoms with van der Waals surface area (Å²) in [6.45, 7) is 5.22. The number of hydrogen-bond acceptors (Lipinski definition) is 4. The first kappa shape index (κ1) is 15.1. The second kappa shape index (κ2) is 5.33. The van der Waals surface area contributed by atoms with E-state index in [0.29, 0.717) is 0 Å². The number of hydrogen-bond donors (Lipinski definition) is 3. The van der Waals surface area contributed by atoms with Crippen LogP contribution < -0.4 is 11.1 Å². The Morgan fingerprint density at radius 1 is 1.37 bits per heavy atom. The number of aliphatic carboxylic acids is 1.